The van der Waals surface area contributed by atoms with Gasteiger partial charge in [-0.2, -0.15) is 0 Å². The molecular weight excluding hydrogens is 542 g/mol. The second kappa shape index (κ2) is 13.7. The van der Waals surface area contributed by atoms with Gasteiger partial charge in [-0.3, -0.25) is 14.4 Å². The quantitative estimate of drug-likeness (QED) is 0.152. The van der Waals surface area contributed by atoms with Gasteiger partial charge in [0.1, 0.15) is 11.9 Å². The molecule has 1 atom stereocenters. The Balaban J connectivity index is 1.64. The van der Waals surface area contributed by atoms with Crippen LogP contribution in [0.5, 0.6) is 0 Å². The maximum Gasteiger partial charge on any atom is 0.326 e. The molecule has 0 fully saturated rings. The average molecular weight is 578 g/mol. The lowest BCUT2D eigenvalue weighted by molar-refractivity contribution is -0.139. The first-order valence-electron chi connectivity index (χ1n) is 13.2. The van der Waals surface area contributed by atoms with E-state index in [0.717, 1.165) is 11.3 Å². The van der Waals surface area contributed by atoms with Gasteiger partial charge in [0.25, 0.3) is 11.5 Å². The van der Waals surface area contributed by atoms with E-state index in [4.69, 9.17) is 6.42 Å². The fourth-order valence-electron chi connectivity index (χ4n) is 4.16. The topological polar surface area (TPSA) is 165 Å². The van der Waals surface area contributed by atoms with Crippen LogP contribution in [0.25, 0.3) is 10.9 Å². The van der Waals surface area contributed by atoms with Crippen molar-refractivity contribution in [2.45, 2.75) is 51.5 Å². The van der Waals surface area contributed by atoms with Crippen molar-refractivity contribution in [1.82, 2.24) is 20.6 Å². The van der Waals surface area contributed by atoms with Crippen LogP contribution >= 0.6 is 0 Å². The number of rotatable bonds is 13. The van der Waals surface area contributed by atoms with Gasteiger partial charge in [-0.25, -0.2) is 9.78 Å². The molecule has 1 heterocycles. The molecular formula is C29H35N5O6Si. The molecule has 0 aliphatic rings. The van der Waals surface area contributed by atoms with Crippen LogP contribution in [0.15, 0.2) is 47.3 Å². The zero-order valence-corrected chi connectivity index (χ0v) is 24.4. The van der Waals surface area contributed by atoms with E-state index in [1.54, 1.807) is 56.4 Å². The van der Waals surface area contributed by atoms with Crippen molar-refractivity contribution in [3.05, 3.63) is 69.8 Å². The van der Waals surface area contributed by atoms with Crippen LogP contribution in [0.4, 0.5) is 5.69 Å². The normalized spacial score (nSPS) is 11.9. The largest absolute Gasteiger partial charge is 0.480 e. The highest BCUT2D eigenvalue weighted by Crippen LogP contribution is 2.20. The summed E-state index contributed by atoms with van der Waals surface area (Å²) in [5, 5.41) is 15.2. The van der Waals surface area contributed by atoms with Crippen molar-refractivity contribution in [2.75, 3.05) is 18.0 Å². The van der Waals surface area contributed by atoms with Crippen LogP contribution in [0, 0.1) is 19.3 Å². The number of amides is 2. The van der Waals surface area contributed by atoms with Gasteiger partial charge in [0.15, 0.2) is 8.32 Å². The third kappa shape index (κ3) is 9.30. The number of carboxylic acids is 1. The van der Waals surface area contributed by atoms with E-state index in [-0.39, 0.29) is 36.4 Å². The van der Waals surface area contributed by atoms with Gasteiger partial charge in [0.05, 0.1) is 17.4 Å². The summed E-state index contributed by atoms with van der Waals surface area (Å²) in [5.41, 5.74) is 2.21. The maximum absolute atomic E-state index is 12.8. The highest BCUT2D eigenvalue weighted by Gasteiger charge is 2.22. The number of terminal acetylenes is 1. The molecule has 3 aromatic rings. The van der Waals surface area contributed by atoms with Gasteiger partial charge >= 0.3 is 5.97 Å². The number of aliphatic carboxylic acids is 1. The molecule has 11 nitrogen and oxygen atoms in total. The highest BCUT2D eigenvalue weighted by molar-refractivity contribution is 6.69. The molecule has 0 radical (unpaired) electrons. The first-order valence-corrected chi connectivity index (χ1v) is 16.3. The number of anilines is 1. The van der Waals surface area contributed by atoms with Crippen LogP contribution in [-0.4, -0.2) is 65.1 Å². The maximum atomic E-state index is 12.8. The molecule has 12 heteroatoms. The number of nitrogens with zero attached hydrogens (tertiary/aromatic N) is 2. The fourth-order valence-corrected chi connectivity index (χ4v) is 4.90. The van der Waals surface area contributed by atoms with Crippen molar-refractivity contribution in [1.29, 1.82) is 0 Å². The molecule has 0 aliphatic carbocycles. The smallest absolute Gasteiger partial charge is 0.326 e. The van der Waals surface area contributed by atoms with E-state index < -0.39 is 26.2 Å². The molecule has 0 unspecified atom stereocenters. The number of carboxylic acid groups (broad SMARTS) is 1. The second-order valence-electron chi connectivity index (χ2n) is 10.4. The number of carbonyl (C=O) groups excluding carboxylic acids is 2. The van der Waals surface area contributed by atoms with Gasteiger partial charge in [-0.1, -0.05) is 12.0 Å². The molecule has 0 bridgehead atoms. The summed E-state index contributed by atoms with van der Waals surface area (Å²) in [5.74, 6) is 0.982. The van der Waals surface area contributed by atoms with Crippen molar-refractivity contribution < 1.29 is 24.3 Å². The Morgan fingerprint density at radius 3 is 2.51 bits per heavy atom. The Hall–Kier alpha value is -4.47. The molecule has 5 N–H and O–H groups in total. The number of aryl methyl sites for hydroxylation is 1. The highest BCUT2D eigenvalue weighted by atomic mass is 28.4. The summed E-state index contributed by atoms with van der Waals surface area (Å²) >= 11 is 0. The lowest BCUT2D eigenvalue weighted by atomic mass is 10.1. The van der Waals surface area contributed by atoms with E-state index in [9.17, 15) is 29.1 Å². The Bertz CT molecular complexity index is 1510. The Morgan fingerprint density at radius 1 is 1.17 bits per heavy atom. The van der Waals surface area contributed by atoms with Gasteiger partial charge in [0, 0.05) is 30.8 Å². The minimum atomic E-state index is -2.29. The van der Waals surface area contributed by atoms with Crippen LogP contribution in [0.2, 0.25) is 19.1 Å². The lowest BCUT2D eigenvalue weighted by Gasteiger charge is -2.23. The van der Waals surface area contributed by atoms with Crippen molar-refractivity contribution in [3.8, 4) is 12.3 Å². The monoisotopic (exact) mass is 577 g/mol. The van der Waals surface area contributed by atoms with Crippen molar-refractivity contribution in [3.63, 3.8) is 0 Å². The summed E-state index contributed by atoms with van der Waals surface area (Å²) in [4.78, 5) is 67.7. The van der Waals surface area contributed by atoms with Crippen LogP contribution in [-0.2, 0) is 16.1 Å². The number of H-pyrrole nitrogens is 1. The molecule has 0 saturated heterocycles. The third-order valence-electron chi connectivity index (χ3n) is 6.36. The Kier molecular flexibility index (Phi) is 10.4. The number of aromatic amines is 1. The van der Waals surface area contributed by atoms with E-state index in [1.165, 1.54) is 0 Å². The van der Waals surface area contributed by atoms with Gasteiger partial charge < -0.3 is 30.4 Å². The zero-order valence-electron chi connectivity index (χ0n) is 23.4. The number of hydrogen-bond donors (Lipinski definition) is 5. The predicted octanol–water partition coefficient (Wildman–Crippen LogP) is 2.15. The summed E-state index contributed by atoms with van der Waals surface area (Å²) in [6, 6.07) is 11.2. The van der Waals surface area contributed by atoms with Gasteiger partial charge in [-0.15, -0.1) is 6.42 Å². The molecule has 0 saturated carbocycles. The average Bonchev–Trinajstić information content (AvgIpc) is 2.90. The molecule has 0 aliphatic heterocycles. The SMILES string of the molecule is C#CCN(Cc1ccc2nc(C)[nH]c(=O)c2c1)c1ccc(C(=O)N[C@@H](CCC(=O)NCC[Si](C)(C)O)C(=O)O)cc1. The number of hydrogen-bond acceptors (Lipinski definition) is 7. The summed E-state index contributed by atoms with van der Waals surface area (Å²) in [7, 11) is -2.29. The first-order chi connectivity index (χ1) is 19.4. The number of carbonyl (C=O) groups is 3. The van der Waals surface area contributed by atoms with E-state index in [0.29, 0.717) is 35.9 Å². The van der Waals surface area contributed by atoms with Gasteiger partial charge in [-0.05, 0) is 74.4 Å². The molecule has 0 spiro atoms. The minimum absolute atomic E-state index is 0.0788. The first kappa shape index (κ1) is 31.1. The number of benzene rings is 2. The Labute approximate surface area is 239 Å². The van der Waals surface area contributed by atoms with E-state index in [1.807, 2.05) is 11.0 Å². The summed E-state index contributed by atoms with van der Waals surface area (Å²) in [6.07, 6.45) is 5.43. The molecule has 216 valence electrons. The van der Waals surface area contributed by atoms with Crippen LogP contribution < -0.4 is 21.1 Å². The Morgan fingerprint density at radius 2 is 1.88 bits per heavy atom. The van der Waals surface area contributed by atoms with Gasteiger partial charge in [0.2, 0.25) is 5.91 Å². The second-order valence-corrected chi connectivity index (χ2v) is 14.6. The number of fused-ring (bicyclic) bond motifs is 1. The van der Waals surface area contributed by atoms with Crippen molar-refractivity contribution in [2.24, 2.45) is 0 Å². The summed E-state index contributed by atoms with van der Waals surface area (Å²) < 4.78 is 0. The molecule has 2 aromatic carbocycles. The summed E-state index contributed by atoms with van der Waals surface area (Å²) in [6.45, 7) is 6.24. The molecule has 1 aromatic heterocycles. The number of aromatic nitrogens is 2. The van der Waals surface area contributed by atoms with E-state index in [2.05, 4.69) is 26.5 Å². The third-order valence-corrected chi connectivity index (χ3v) is 7.83. The minimum Gasteiger partial charge on any atom is -0.480 e. The fraction of sp³-hybridized carbons (Fsp3) is 0.345. The molecule has 3 rings (SSSR count). The standard InChI is InChI=1S/C29H35N5O6Si/c1-5-15-34(18-20-6-11-24-23(17-20)28(37)32-19(2)31-24)22-9-7-21(8-10-22)27(36)33-25(29(38)39)12-13-26(35)30-14-16-41(3,4)40/h1,6-11,17,25,40H,12-16,18H2,2-4H3,(H,30,35)(H,33,36)(H,38,39)(H,31,32,37)/t25-/m0/s1. The lowest BCUT2D eigenvalue weighted by Crippen LogP contribution is -2.42. The molecule has 2 amide bonds. The van der Waals surface area contributed by atoms with Crippen LogP contribution in [0.1, 0.15) is 34.6 Å². The zero-order chi connectivity index (χ0) is 30.2. The predicted molar refractivity (Wildman–Crippen MR) is 159 cm³/mol. The number of nitrogens with one attached hydrogen (secondary N) is 3. The molecule has 41 heavy (non-hydrogen) atoms. The van der Waals surface area contributed by atoms with E-state index >= 15 is 0 Å². The van der Waals surface area contributed by atoms with Crippen LogP contribution in [0.3, 0.4) is 0 Å². The van der Waals surface area contributed by atoms with Crippen molar-refractivity contribution >= 4 is 42.7 Å².